The van der Waals surface area contributed by atoms with E-state index in [0.29, 0.717) is 6.61 Å². The van der Waals surface area contributed by atoms with Crippen molar-refractivity contribution in [3.05, 3.63) is 0 Å². The third-order valence-corrected chi connectivity index (χ3v) is 2.46. The number of likely N-dealkylation sites (N-methyl/N-ethyl adjacent to an activating group) is 1. The summed E-state index contributed by atoms with van der Waals surface area (Å²) in [4.78, 5) is 34.9. The maximum Gasteiger partial charge on any atom is 0.321 e. The van der Waals surface area contributed by atoms with Crippen LogP contribution in [-0.2, 0) is 14.3 Å². The average Bonchev–Trinajstić information content (AvgIpc) is 2.27. The van der Waals surface area contributed by atoms with E-state index in [2.05, 4.69) is 10.6 Å². The molecule has 0 aromatic carbocycles. The molecule has 19 heavy (non-hydrogen) atoms. The highest BCUT2D eigenvalue weighted by Gasteiger charge is 2.20. The minimum atomic E-state index is -1.03. The molecular weight excluding hydrogens is 254 g/mol. The smallest absolute Gasteiger partial charge is 0.321 e. The van der Waals surface area contributed by atoms with Crippen LogP contribution < -0.4 is 10.6 Å². The topological polar surface area (TPSA) is 108 Å². The third kappa shape index (κ3) is 7.37. The van der Waals surface area contributed by atoms with Gasteiger partial charge >= 0.3 is 12.0 Å². The zero-order valence-corrected chi connectivity index (χ0v) is 11.6. The monoisotopic (exact) mass is 275 g/mol. The largest absolute Gasteiger partial charge is 0.480 e. The van der Waals surface area contributed by atoms with Crippen LogP contribution in [-0.4, -0.2) is 67.3 Å². The second-order valence-electron chi connectivity index (χ2n) is 4.31. The summed E-state index contributed by atoms with van der Waals surface area (Å²) < 4.78 is 4.83. The van der Waals surface area contributed by atoms with Crippen LogP contribution >= 0.6 is 0 Å². The van der Waals surface area contributed by atoms with Gasteiger partial charge in [0.15, 0.2) is 0 Å². The molecule has 0 radical (unpaired) electrons. The molecule has 0 aromatic rings. The summed E-state index contributed by atoms with van der Waals surface area (Å²) in [5, 5.41) is 13.4. The standard InChI is InChI=1S/C11H21N3O5/c1-7(6-19-4)12-11(18)13-9(15)5-14(3)8(2)10(16)17/h7-8H,5-6H2,1-4H3,(H,16,17)(H2,12,13,15,18). The van der Waals surface area contributed by atoms with E-state index in [1.54, 1.807) is 6.92 Å². The molecule has 0 aromatic heterocycles. The van der Waals surface area contributed by atoms with E-state index in [1.165, 1.54) is 26.0 Å². The van der Waals surface area contributed by atoms with Crippen molar-refractivity contribution in [2.75, 3.05) is 27.3 Å². The van der Waals surface area contributed by atoms with Crippen LogP contribution in [0.2, 0.25) is 0 Å². The molecule has 2 atom stereocenters. The number of aliphatic carboxylic acids is 1. The number of hydrogen-bond donors (Lipinski definition) is 3. The Kier molecular flexibility index (Phi) is 7.69. The number of carboxylic acids is 1. The van der Waals surface area contributed by atoms with E-state index in [-0.39, 0.29) is 12.6 Å². The van der Waals surface area contributed by atoms with Gasteiger partial charge in [-0.3, -0.25) is 19.8 Å². The Morgan fingerprint density at radius 3 is 2.37 bits per heavy atom. The molecule has 3 amide bonds. The van der Waals surface area contributed by atoms with E-state index >= 15 is 0 Å². The first-order valence-corrected chi connectivity index (χ1v) is 5.80. The highest BCUT2D eigenvalue weighted by atomic mass is 16.5. The number of ether oxygens (including phenoxy) is 1. The van der Waals surface area contributed by atoms with Crippen LogP contribution in [0.3, 0.4) is 0 Å². The second kappa shape index (κ2) is 8.44. The number of carboxylic acid groups (broad SMARTS) is 1. The minimum absolute atomic E-state index is 0.181. The normalized spacial score (nSPS) is 13.7. The zero-order chi connectivity index (χ0) is 15.0. The first-order valence-electron chi connectivity index (χ1n) is 5.80. The van der Waals surface area contributed by atoms with Crippen LogP contribution in [0.5, 0.6) is 0 Å². The van der Waals surface area contributed by atoms with Crippen molar-refractivity contribution in [1.82, 2.24) is 15.5 Å². The Bertz CT molecular complexity index is 334. The predicted octanol–water partition coefficient (Wildman–Crippen LogP) is -0.748. The fourth-order valence-corrected chi connectivity index (χ4v) is 1.27. The number of rotatable bonds is 7. The SMILES string of the molecule is COCC(C)NC(=O)NC(=O)CN(C)C(C)C(=O)O. The van der Waals surface area contributed by atoms with Gasteiger partial charge in [-0.1, -0.05) is 0 Å². The Balaban J connectivity index is 4.10. The Hall–Kier alpha value is -1.67. The summed E-state index contributed by atoms with van der Waals surface area (Å²) in [5.41, 5.74) is 0. The summed E-state index contributed by atoms with van der Waals surface area (Å²) in [7, 11) is 2.99. The molecule has 8 nitrogen and oxygen atoms in total. The number of nitrogens with one attached hydrogen (secondary N) is 2. The molecule has 0 aliphatic rings. The molecule has 0 spiro atoms. The molecule has 0 rings (SSSR count). The van der Waals surface area contributed by atoms with Crippen LogP contribution in [0.25, 0.3) is 0 Å². The lowest BCUT2D eigenvalue weighted by Gasteiger charge is -2.20. The van der Waals surface area contributed by atoms with Gasteiger partial charge in [-0.15, -0.1) is 0 Å². The molecule has 0 bridgehead atoms. The Morgan fingerprint density at radius 2 is 1.89 bits per heavy atom. The number of carbonyl (C=O) groups is 3. The van der Waals surface area contributed by atoms with Gasteiger partial charge in [0, 0.05) is 7.11 Å². The van der Waals surface area contributed by atoms with Gasteiger partial charge in [-0.2, -0.15) is 0 Å². The average molecular weight is 275 g/mol. The molecule has 0 fully saturated rings. The lowest BCUT2D eigenvalue weighted by molar-refractivity contribution is -0.142. The number of carbonyl (C=O) groups excluding carboxylic acids is 2. The molecule has 2 unspecified atom stereocenters. The molecule has 0 aliphatic heterocycles. The van der Waals surface area contributed by atoms with E-state index in [1.807, 2.05) is 0 Å². The molecule has 0 saturated carbocycles. The van der Waals surface area contributed by atoms with Gasteiger partial charge < -0.3 is 15.2 Å². The maximum atomic E-state index is 11.5. The molecule has 110 valence electrons. The highest BCUT2D eigenvalue weighted by Crippen LogP contribution is 1.94. The summed E-state index contributed by atoms with van der Waals surface area (Å²) in [5.74, 6) is -1.61. The maximum absolute atomic E-state index is 11.5. The number of nitrogens with zero attached hydrogens (tertiary/aromatic N) is 1. The summed E-state index contributed by atoms with van der Waals surface area (Å²) in [6.07, 6.45) is 0. The molecule has 0 aliphatic carbocycles. The van der Waals surface area contributed by atoms with Gasteiger partial charge in [0.2, 0.25) is 5.91 Å². The lowest BCUT2D eigenvalue weighted by atomic mass is 10.3. The molecule has 8 heteroatoms. The van der Waals surface area contributed by atoms with E-state index < -0.39 is 23.9 Å². The van der Waals surface area contributed by atoms with Crippen molar-refractivity contribution in [3.63, 3.8) is 0 Å². The third-order valence-electron chi connectivity index (χ3n) is 2.46. The quantitative estimate of drug-likeness (QED) is 0.564. The first-order chi connectivity index (χ1) is 8.77. The molecule has 3 N–H and O–H groups in total. The first kappa shape index (κ1) is 17.3. The Morgan fingerprint density at radius 1 is 1.32 bits per heavy atom. The minimum Gasteiger partial charge on any atom is -0.480 e. The van der Waals surface area contributed by atoms with Crippen LogP contribution in [0.4, 0.5) is 4.79 Å². The van der Waals surface area contributed by atoms with Crippen molar-refractivity contribution in [2.24, 2.45) is 0 Å². The van der Waals surface area contributed by atoms with Gasteiger partial charge in [0.1, 0.15) is 6.04 Å². The molecule has 0 heterocycles. The predicted molar refractivity (Wildman–Crippen MR) is 67.7 cm³/mol. The van der Waals surface area contributed by atoms with Crippen LogP contribution in [0.15, 0.2) is 0 Å². The number of hydrogen-bond acceptors (Lipinski definition) is 5. The fourth-order valence-electron chi connectivity index (χ4n) is 1.27. The number of imide groups is 1. The van der Waals surface area contributed by atoms with Crippen molar-refractivity contribution in [3.8, 4) is 0 Å². The number of amides is 3. The summed E-state index contributed by atoms with van der Waals surface area (Å²) in [6, 6.07) is -1.67. The summed E-state index contributed by atoms with van der Waals surface area (Å²) >= 11 is 0. The molecule has 0 saturated heterocycles. The van der Waals surface area contributed by atoms with E-state index in [9.17, 15) is 14.4 Å². The van der Waals surface area contributed by atoms with Crippen LogP contribution in [0.1, 0.15) is 13.8 Å². The number of methoxy groups -OCH3 is 1. The number of urea groups is 1. The molecular formula is C11H21N3O5. The lowest BCUT2D eigenvalue weighted by Crippen LogP contribution is -2.49. The van der Waals surface area contributed by atoms with Gasteiger partial charge in [-0.25, -0.2) is 4.79 Å². The van der Waals surface area contributed by atoms with Crippen molar-refractivity contribution in [2.45, 2.75) is 25.9 Å². The Labute approximate surface area is 112 Å². The van der Waals surface area contributed by atoms with Gasteiger partial charge in [0.05, 0.1) is 19.2 Å². The van der Waals surface area contributed by atoms with Crippen LogP contribution in [0, 0.1) is 0 Å². The summed E-state index contributed by atoms with van der Waals surface area (Å²) in [6.45, 7) is 3.33. The highest BCUT2D eigenvalue weighted by molar-refractivity contribution is 5.95. The van der Waals surface area contributed by atoms with E-state index in [0.717, 1.165) is 0 Å². The van der Waals surface area contributed by atoms with Gasteiger partial charge in [0.25, 0.3) is 0 Å². The zero-order valence-electron chi connectivity index (χ0n) is 11.6. The fraction of sp³-hybridized carbons (Fsp3) is 0.727. The van der Waals surface area contributed by atoms with Crippen molar-refractivity contribution in [1.29, 1.82) is 0 Å². The van der Waals surface area contributed by atoms with E-state index in [4.69, 9.17) is 9.84 Å². The van der Waals surface area contributed by atoms with Crippen molar-refractivity contribution < 1.29 is 24.2 Å². The second-order valence-corrected chi connectivity index (χ2v) is 4.31. The van der Waals surface area contributed by atoms with Crippen molar-refractivity contribution >= 4 is 17.9 Å². The van der Waals surface area contributed by atoms with Gasteiger partial charge in [-0.05, 0) is 20.9 Å².